The van der Waals surface area contributed by atoms with Gasteiger partial charge in [0.1, 0.15) is 0 Å². The minimum atomic E-state index is 0.705. The maximum absolute atomic E-state index is 5.67. The zero-order valence-electron chi connectivity index (χ0n) is 13.7. The SMILES string of the molecule is CC(C)CSN(SCC(C)C)C(=S)SSC1CCCCC1. The van der Waals surface area contributed by atoms with Gasteiger partial charge in [0.05, 0.1) is 0 Å². The Morgan fingerprint density at radius 2 is 1.52 bits per heavy atom. The number of thiocarbonyl (C=S) groups is 1. The first-order valence-corrected chi connectivity index (χ1v) is 12.4. The second-order valence-corrected chi connectivity index (χ2v) is 11.6. The van der Waals surface area contributed by atoms with Crippen LogP contribution in [0.5, 0.6) is 0 Å². The lowest BCUT2D eigenvalue weighted by atomic mass is 10.0. The summed E-state index contributed by atoms with van der Waals surface area (Å²) in [5.41, 5.74) is 0. The Morgan fingerprint density at radius 1 is 1.00 bits per heavy atom. The quantitative estimate of drug-likeness (QED) is 0.253. The highest BCUT2D eigenvalue weighted by atomic mass is 33.1. The molecule has 0 atom stereocenters. The van der Waals surface area contributed by atoms with Crippen molar-refractivity contribution in [1.29, 1.82) is 0 Å². The first kappa shape index (κ1) is 20.3. The van der Waals surface area contributed by atoms with Gasteiger partial charge in [-0.3, -0.25) is 0 Å². The average Bonchev–Trinajstić information content (AvgIpc) is 2.45. The van der Waals surface area contributed by atoms with Crippen LogP contribution in [0.2, 0.25) is 0 Å². The molecule has 0 bridgehead atoms. The third-order valence-electron chi connectivity index (χ3n) is 3.01. The Morgan fingerprint density at radius 3 is 2.00 bits per heavy atom. The van der Waals surface area contributed by atoms with Crippen LogP contribution in [0.1, 0.15) is 59.8 Å². The van der Waals surface area contributed by atoms with E-state index < -0.39 is 0 Å². The van der Waals surface area contributed by atoms with Crippen molar-refractivity contribution in [2.75, 3.05) is 11.5 Å². The molecule has 0 aromatic heterocycles. The predicted molar refractivity (Wildman–Crippen MR) is 111 cm³/mol. The normalized spacial score (nSPS) is 16.7. The number of rotatable bonds is 8. The van der Waals surface area contributed by atoms with Gasteiger partial charge in [0.15, 0.2) is 4.32 Å². The Labute approximate surface area is 153 Å². The monoisotopic (exact) mass is 383 g/mol. The van der Waals surface area contributed by atoms with Gasteiger partial charge in [-0.1, -0.05) is 57.8 Å². The fourth-order valence-electron chi connectivity index (χ4n) is 1.88. The number of hydrogen-bond donors (Lipinski definition) is 0. The third-order valence-corrected chi connectivity index (χ3v) is 10.1. The van der Waals surface area contributed by atoms with Gasteiger partial charge in [0.2, 0.25) is 0 Å². The summed E-state index contributed by atoms with van der Waals surface area (Å²) in [5, 5.41) is 0.814. The fourth-order valence-corrected chi connectivity index (χ4v) is 7.37. The Kier molecular flexibility index (Phi) is 11.4. The van der Waals surface area contributed by atoms with E-state index in [1.54, 1.807) is 0 Å². The molecule has 1 saturated carbocycles. The van der Waals surface area contributed by atoms with Crippen LogP contribution in [0.4, 0.5) is 0 Å². The standard InChI is InChI=1S/C15H29NS5/c1-12(2)10-18-16(19-11-13(3)4)15(17)21-20-14-8-6-5-7-9-14/h12-14H,5-11H2,1-4H3. The minimum Gasteiger partial charge on any atom is -0.241 e. The van der Waals surface area contributed by atoms with E-state index in [0.717, 1.165) is 21.1 Å². The summed E-state index contributed by atoms with van der Waals surface area (Å²) in [6.07, 6.45) is 6.97. The molecule has 6 heteroatoms. The molecule has 0 spiro atoms. The van der Waals surface area contributed by atoms with Crippen molar-refractivity contribution in [2.24, 2.45) is 11.8 Å². The molecule has 0 aromatic carbocycles. The van der Waals surface area contributed by atoms with Crippen molar-refractivity contribution in [3.8, 4) is 0 Å². The molecule has 1 rings (SSSR count). The average molecular weight is 384 g/mol. The van der Waals surface area contributed by atoms with Crippen molar-refractivity contribution in [2.45, 2.75) is 65.0 Å². The molecule has 1 aliphatic carbocycles. The minimum absolute atomic E-state index is 0.705. The summed E-state index contributed by atoms with van der Waals surface area (Å²) in [6.45, 7) is 9.08. The van der Waals surface area contributed by atoms with E-state index in [1.807, 2.05) is 45.5 Å². The van der Waals surface area contributed by atoms with E-state index in [2.05, 4.69) is 31.4 Å². The van der Waals surface area contributed by atoms with Crippen molar-refractivity contribution in [3.63, 3.8) is 0 Å². The van der Waals surface area contributed by atoms with Crippen LogP contribution >= 0.6 is 57.7 Å². The molecule has 0 unspecified atom stereocenters. The molecule has 124 valence electrons. The molecule has 0 radical (unpaired) electrons. The van der Waals surface area contributed by atoms with E-state index in [-0.39, 0.29) is 0 Å². The maximum atomic E-state index is 5.67. The third kappa shape index (κ3) is 9.90. The van der Waals surface area contributed by atoms with Crippen LogP contribution in [0.15, 0.2) is 0 Å². The van der Waals surface area contributed by atoms with Gasteiger partial charge in [-0.05, 0) is 71.6 Å². The van der Waals surface area contributed by atoms with Gasteiger partial charge in [0, 0.05) is 16.8 Å². The first-order chi connectivity index (χ1) is 9.99. The molecule has 0 aliphatic heterocycles. The second-order valence-electron chi connectivity index (χ2n) is 6.34. The lowest BCUT2D eigenvalue weighted by Crippen LogP contribution is -2.16. The molecule has 1 fully saturated rings. The zero-order valence-corrected chi connectivity index (χ0v) is 17.8. The molecule has 1 nitrogen and oxygen atoms in total. The molecule has 0 aromatic rings. The van der Waals surface area contributed by atoms with E-state index >= 15 is 0 Å². The van der Waals surface area contributed by atoms with Crippen LogP contribution in [-0.4, -0.2) is 24.8 Å². The van der Waals surface area contributed by atoms with Crippen molar-refractivity contribution in [1.82, 2.24) is 3.71 Å². The van der Waals surface area contributed by atoms with E-state index in [1.165, 1.54) is 32.1 Å². The van der Waals surface area contributed by atoms with Crippen LogP contribution in [0, 0.1) is 11.8 Å². The molecular formula is C15H29NS5. The summed E-state index contributed by atoms with van der Waals surface area (Å²) in [4.78, 5) is 0. The fraction of sp³-hybridized carbons (Fsp3) is 0.933. The van der Waals surface area contributed by atoms with E-state index in [9.17, 15) is 0 Å². The molecular weight excluding hydrogens is 355 g/mol. The molecule has 21 heavy (non-hydrogen) atoms. The summed E-state index contributed by atoms with van der Waals surface area (Å²) in [5.74, 6) is 3.69. The summed E-state index contributed by atoms with van der Waals surface area (Å²) >= 11 is 9.45. The zero-order chi connectivity index (χ0) is 15.7. The van der Waals surface area contributed by atoms with Crippen LogP contribution < -0.4 is 0 Å². The molecule has 0 saturated heterocycles. The molecule has 0 amide bonds. The van der Waals surface area contributed by atoms with Gasteiger partial charge >= 0.3 is 0 Å². The largest absolute Gasteiger partial charge is 0.241 e. The van der Waals surface area contributed by atoms with Gasteiger partial charge in [-0.2, -0.15) is 0 Å². The van der Waals surface area contributed by atoms with E-state index in [0.29, 0.717) is 11.8 Å². The first-order valence-electron chi connectivity index (χ1n) is 7.92. The topological polar surface area (TPSA) is 3.24 Å². The lowest BCUT2D eigenvalue weighted by Gasteiger charge is -2.25. The lowest BCUT2D eigenvalue weighted by molar-refractivity contribution is 0.517. The highest BCUT2D eigenvalue weighted by Crippen LogP contribution is 2.40. The van der Waals surface area contributed by atoms with Gasteiger partial charge in [-0.25, -0.2) is 3.71 Å². The van der Waals surface area contributed by atoms with Gasteiger partial charge in [-0.15, -0.1) is 0 Å². The maximum Gasteiger partial charge on any atom is 0.167 e. The van der Waals surface area contributed by atoms with Gasteiger partial charge in [0.25, 0.3) is 0 Å². The smallest absolute Gasteiger partial charge is 0.167 e. The number of hydrogen-bond acceptors (Lipinski definition) is 5. The molecule has 1 aliphatic rings. The van der Waals surface area contributed by atoms with Crippen molar-refractivity contribution in [3.05, 3.63) is 0 Å². The van der Waals surface area contributed by atoms with Gasteiger partial charge < -0.3 is 0 Å². The molecule has 0 N–H and O–H groups in total. The van der Waals surface area contributed by atoms with E-state index in [4.69, 9.17) is 12.2 Å². The highest BCUT2D eigenvalue weighted by Gasteiger charge is 2.19. The van der Waals surface area contributed by atoms with Crippen LogP contribution in [-0.2, 0) is 0 Å². The summed E-state index contributed by atoms with van der Waals surface area (Å²) in [7, 11) is 3.84. The van der Waals surface area contributed by atoms with Crippen molar-refractivity contribution >= 4 is 62.0 Å². The Balaban J connectivity index is 2.36. The second kappa shape index (κ2) is 11.8. The Hall–Kier alpha value is 1.29. The van der Waals surface area contributed by atoms with Crippen LogP contribution in [0.3, 0.4) is 0 Å². The number of nitrogens with zero attached hydrogens (tertiary/aromatic N) is 1. The highest BCUT2D eigenvalue weighted by molar-refractivity contribution is 8.84. The summed E-state index contributed by atoms with van der Waals surface area (Å²) in [6, 6.07) is 0. The van der Waals surface area contributed by atoms with Crippen molar-refractivity contribution < 1.29 is 0 Å². The summed E-state index contributed by atoms with van der Waals surface area (Å²) < 4.78 is 3.33. The predicted octanol–water partition coefficient (Wildman–Crippen LogP) is 6.90. The Bertz CT molecular complexity index is 278. The molecule has 0 heterocycles. The van der Waals surface area contributed by atoms with Crippen LogP contribution in [0.25, 0.3) is 0 Å².